The van der Waals surface area contributed by atoms with E-state index in [1.807, 2.05) is 6.08 Å². The third-order valence-electron chi connectivity index (χ3n) is 5.08. The van der Waals surface area contributed by atoms with Gasteiger partial charge >= 0.3 is 0 Å². The number of H-pyrrole nitrogens is 1. The van der Waals surface area contributed by atoms with Crippen molar-refractivity contribution in [1.29, 1.82) is 0 Å². The molecule has 0 saturated heterocycles. The number of aromatic amines is 1. The third-order valence-corrected chi connectivity index (χ3v) is 5.08. The third kappa shape index (κ3) is 3.35. The summed E-state index contributed by atoms with van der Waals surface area (Å²) in [7, 11) is 0. The van der Waals surface area contributed by atoms with Gasteiger partial charge in [0.1, 0.15) is 5.92 Å². The van der Waals surface area contributed by atoms with Gasteiger partial charge < -0.3 is 15.6 Å². The molecule has 3 aliphatic rings. The van der Waals surface area contributed by atoms with Crippen molar-refractivity contribution in [3.05, 3.63) is 40.6 Å². The fourth-order valence-electron chi connectivity index (χ4n) is 3.43. The molecule has 136 valence electrons. The molecule has 1 atom stereocenters. The molecule has 0 bridgehead atoms. The molecule has 1 unspecified atom stereocenters. The van der Waals surface area contributed by atoms with Crippen molar-refractivity contribution >= 4 is 23.9 Å². The fourth-order valence-corrected chi connectivity index (χ4v) is 3.43. The van der Waals surface area contributed by atoms with Crippen molar-refractivity contribution < 1.29 is 4.79 Å². The second-order valence-corrected chi connectivity index (χ2v) is 7.01. The highest BCUT2D eigenvalue weighted by atomic mass is 16.2. The molecule has 7 nitrogen and oxygen atoms in total. The molecule has 7 heteroatoms. The van der Waals surface area contributed by atoms with E-state index in [9.17, 15) is 4.79 Å². The summed E-state index contributed by atoms with van der Waals surface area (Å²) in [5.41, 5.74) is 8.80. The lowest BCUT2D eigenvalue weighted by atomic mass is 9.99. The van der Waals surface area contributed by atoms with Crippen molar-refractivity contribution in [2.45, 2.75) is 39.2 Å². The maximum Gasteiger partial charge on any atom is 0.254 e. The molecule has 1 fully saturated rings. The predicted molar refractivity (Wildman–Crippen MR) is 103 cm³/mol. The van der Waals surface area contributed by atoms with Gasteiger partial charge in [-0.3, -0.25) is 9.79 Å². The molecule has 1 aromatic heterocycles. The van der Waals surface area contributed by atoms with E-state index >= 15 is 0 Å². The number of nitrogens with zero attached hydrogens (tertiary/aromatic N) is 2. The van der Waals surface area contributed by atoms with Crippen molar-refractivity contribution in [3.8, 4) is 0 Å². The van der Waals surface area contributed by atoms with Crippen molar-refractivity contribution in [3.63, 3.8) is 0 Å². The molecule has 0 spiro atoms. The van der Waals surface area contributed by atoms with Gasteiger partial charge in [0.05, 0.1) is 11.4 Å². The fraction of sp³-hybridized carbons (Fsp3) is 0.421. The number of hydrazone groups is 1. The Labute approximate surface area is 152 Å². The Bertz CT molecular complexity index is 840. The highest BCUT2D eigenvalue weighted by molar-refractivity contribution is 6.24. The Hall–Kier alpha value is -2.67. The van der Waals surface area contributed by atoms with Gasteiger partial charge in [0.2, 0.25) is 0 Å². The summed E-state index contributed by atoms with van der Waals surface area (Å²) >= 11 is 0. The molecule has 0 aromatic carbocycles. The minimum absolute atomic E-state index is 0.155. The molecule has 0 radical (unpaired) electrons. The van der Waals surface area contributed by atoms with Gasteiger partial charge in [-0.15, -0.1) is 0 Å². The zero-order valence-electron chi connectivity index (χ0n) is 15.1. The standard InChI is InChI=1S/C19H24N6O/c1-11-14(5-6-20-13-3-4-13)12(2)24-16(11)9-17-18(22-8-7-21-17)15-10-23-25-19(15)26/h7-10,13,15,20-21,24H,3-6H2,1-2H3,(H,25,26). The number of hydrogen-bond acceptors (Lipinski definition) is 5. The smallest absolute Gasteiger partial charge is 0.254 e. The van der Waals surface area contributed by atoms with Crippen LogP contribution in [-0.2, 0) is 11.2 Å². The molecule has 4 rings (SSSR count). The molecule has 1 aromatic rings. The van der Waals surface area contributed by atoms with E-state index in [4.69, 9.17) is 0 Å². The number of carbonyl (C=O) groups excluding carboxylic acids is 1. The average Bonchev–Trinajstić information content (AvgIpc) is 3.30. The number of aryl methyl sites for hydroxylation is 1. The number of amides is 1. The number of carbonyl (C=O) groups is 1. The number of aromatic nitrogens is 1. The summed E-state index contributed by atoms with van der Waals surface area (Å²) in [6.07, 6.45) is 10.7. The second kappa shape index (κ2) is 6.92. The van der Waals surface area contributed by atoms with Gasteiger partial charge in [-0.1, -0.05) is 0 Å². The Balaban J connectivity index is 1.56. The van der Waals surface area contributed by atoms with Crippen LogP contribution in [0.5, 0.6) is 0 Å². The normalized spacial score (nSPS) is 23.3. The van der Waals surface area contributed by atoms with E-state index in [0.717, 1.165) is 30.4 Å². The van der Waals surface area contributed by atoms with E-state index in [1.165, 1.54) is 29.7 Å². The van der Waals surface area contributed by atoms with Crippen LogP contribution in [0.25, 0.3) is 6.08 Å². The first-order chi connectivity index (χ1) is 12.6. The zero-order chi connectivity index (χ0) is 18.1. The van der Waals surface area contributed by atoms with Gasteiger partial charge in [-0.05, 0) is 56.9 Å². The van der Waals surface area contributed by atoms with Crippen LogP contribution in [0.2, 0.25) is 0 Å². The lowest BCUT2D eigenvalue weighted by Crippen LogP contribution is -2.32. The first kappa shape index (κ1) is 16.8. The minimum atomic E-state index is -0.461. The van der Waals surface area contributed by atoms with Crippen molar-refractivity contribution in [1.82, 2.24) is 21.0 Å². The second-order valence-electron chi connectivity index (χ2n) is 7.01. The summed E-state index contributed by atoms with van der Waals surface area (Å²) in [6.45, 7) is 5.26. The average molecular weight is 352 g/mol. The topological polar surface area (TPSA) is 93.7 Å². The first-order valence-electron chi connectivity index (χ1n) is 9.09. The number of hydrogen-bond donors (Lipinski definition) is 4. The van der Waals surface area contributed by atoms with Crippen LogP contribution < -0.4 is 16.1 Å². The minimum Gasteiger partial charge on any atom is -0.359 e. The molecule has 1 aliphatic carbocycles. The van der Waals surface area contributed by atoms with Crippen LogP contribution in [0, 0.1) is 19.8 Å². The van der Waals surface area contributed by atoms with E-state index in [1.54, 1.807) is 18.6 Å². The summed E-state index contributed by atoms with van der Waals surface area (Å²) in [6, 6.07) is 0.729. The molecule has 2 aliphatic heterocycles. The van der Waals surface area contributed by atoms with Gasteiger partial charge in [-0.25, -0.2) is 5.43 Å². The molecule has 3 heterocycles. The summed E-state index contributed by atoms with van der Waals surface area (Å²) in [5.74, 6) is -0.616. The quantitative estimate of drug-likeness (QED) is 0.625. The Kier molecular flexibility index (Phi) is 4.46. The predicted octanol–water partition coefficient (Wildman–Crippen LogP) is 1.51. The zero-order valence-corrected chi connectivity index (χ0v) is 15.1. The van der Waals surface area contributed by atoms with Gasteiger partial charge in [-0.2, -0.15) is 5.10 Å². The lowest BCUT2D eigenvalue weighted by Gasteiger charge is -2.16. The lowest BCUT2D eigenvalue weighted by molar-refractivity contribution is -0.120. The van der Waals surface area contributed by atoms with Crippen LogP contribution in [-0.4, -0.2) is 35.4 Å². The van der Waals surface area contributed by atoms with E-state index in [-0.39, 0.29) is 5.91 Å². The van der Waals surface area contributed by atoms with Gasteiger partial charge in [0, 0.05) is 36.0 Å². The van der Waals surface area contributed by atoms with Crippen LogP contribution in [0.4, 0.5) is 0 Å². The van der Waals surface area contributed by atoms with E-state index in [0.29, 0.717) is 5.71 Å². The Morgan fingerprint density at radius 3 is 2.92 bits per heavy atom. The summed E-state index contributed by atoms with van der Waals surface area (Å²) in [5, 5.41) is 10.6. The van der Waals surface area contributed by atoms with Crippen LogP contribution in [0.1, 0.15) is 35.4 Å². The van der Waals surface area contributed by atoms with Crippen molar-refractivity contribution in [2.75, 3.05) is 6.54 Å². The number of nitrogens with one attached hydrogen (secondary N) is 4. The van der Waals surface area contributed by atoms with Gasteiger partial charge in [0.25, 0.3) is 5.91 Å². The van der Waals surface area contributed by atoms with Crippen LogP contribution in [0.15, 0.2) is 28.2 Å². The summed E-state index contributed by atoms with van der Waals surface area (Å²) in [4.78, 5) is 19.8. The molecular weight excluding hydrogens is 328 g/mol. The molecular formula is C19H24N6O. The van der Waals surface area contributed by atoms with Crippen LogP contribution in [0.3, 0.4) is 0 Å². The van der Waals surface area contributed by atoms with E-state index in [2.05, 4.69) is 45.0 Å². The summed E-state index contributed by atoms with van der Waals surface area (Å²) < 4.78 is 0. The Morgan fingerprint density at radius 1 is 1.35 bits per heavy atom. The molecule has 1 saturated carbocycles. The Morgan fingerprint density at radius 2 is 2.19 bits per heavy atom. The number of allylic oxidation sites excluding steroid dienone is 1. The largest absolute Gasteiger partial charge is 0.359 e. The molecule has 1 amide bonds. The highest BCUT2D eigenvalue weighted by Crippen LogP contribution is 2.23. The number of rotatable bonds is 6. The highest BCUT2D eigenvalue weighted by Gasteiger charge is 2.29. The van der Waals surface area contributed by atoms with Crippen LogP contribution >= 0.6 is 0 Å². The van der Waals surface area contributed by atoms with Gasteiger partial charge in [0.15, 0.2) is 0 Å². The maximum absolute atomic E-state index is 12.0. The molecule has 26 heavy (non-hydrogen) atoms. The molecule has 4 N–H and O–H groups in total. The van der Waals surface area contributed by atoms with E-state index < -0.39 is 5.92 Å². The number of aliphatic imine (C=N–C) groups is 1. The maximum atomic E-state index is 12.0. The SMILES string of the molecule is Cc1[nH]c(C=C2NC=CN=C2C2C=NNC2=O)c(C)c1CCNC1CC1. The van der Waals surface area contributed by atoms with Crippen molar-refractivity contribution in [2.24, 2.45) is 16.0 Å². The first-order valence-corrected chi connectivity index (χ1v) is 9.09. The monoisotopic (exact) mass is 352 g/mol.